The van der Waals surface area contributed by atoms with Crippen LogP contribution < -0.4 is 19.9 Å². The van der Waals surface area contributed by atoms with Crippen LogP contribution >= 0.6 is 0 Å². The van der Waals surface area contributed by atoms with Gasteiger partial charge in [0.1, 0.15) is 0 Å². The smallest absolute Gasteiger partial charge is 0.203 e. The molecule has 4 heteroatoms. The topological polar surface area (TPSA) is 53.7 Å². The summed E-state index contributed by atoms with van der Waals surface area (Å²) in [5.74, 6) is 2.04. The van der Waals surface area contributed by atoms with Gasteiger partial charge < -0.3 is 19.9 Å². The number of hydrogen-bond donors (Lipinski definition) is 1. The quantitative estimate of drug-likeness (QED) is 0.799. The molecule has 0 aromatic heterocycles. The van der Waals surface area contributed by atoms with Crippen molar-refractivity contribution in [1.82, 2.24) is 0 Å². The molecule has 1 rings (SSSR count). The molecule has 4 nitrogen and oxygen atoms in total. The monoisotopic (exact) mass is 225 g/mol. The van der Waals surface area contributed by atoms with Crippen molar-refractivity contribution in [3.63, 3.8) is 0 Å². The second-order valence-electron chi connectivity index (χ2n) is 3.26. The minimum Gasteiger partial charge on any atom is -0.493 e. The van der Waals surface area contributed by atoms with Gasteiger partial charge in [0, 0.05) is 0 Å². The van der Waals surface area contributed by atoms with Crippen LogP contribution in [0.25, 0.3) is 0 Å². The van der Waals surface area contributed by atoms with E-state index in [1.807, 2.05) is 19.1 Å². The second-order valence-corrected chi connectivity index (χ2v) is 3.26. The fourth-order valence-electron chi connectivity index (χ4n) is 1.59. The van der Waals surface area contributed by atoms with Crippen LogP contribution in [0.5, 0.6) is 17.2 Å². The standard InChI is InChI=1S/C12H19NO3/c1-4-16-11-9(7-8-13)5-6-10(14-2)12(11)15-3/h5-6H,4,7-8,13H2,1-3H3. The lowest BCUT2D eigenvalue weighted by Crippen LogP contribution is -2.07. The predicted molar refractivity (Wildman–Crippen MR) is 63.5 cm³/mol. The molecule has 0 radical (unpaired) electrons. The number of ether oxygens (including phenoxy) is 3. The van der Waals surface area contributed by atoms with E-state index in [1.165, 1.54) is 0 Å². The first-order chi connectivity index (χ1) is 7.78. The Hall–Kier alpha value is -1.42. The molecule has 90 valence electrons. The van der Waals surface area contributed by atoms with E-state index in [1.54, 1.807) is 14.2 Å². The SMILES string of the molecule is CCOc1c(CCN)ccc(OC)c1OC. The third-order valence-corrected chi connectivity index (χ3v) is 2.28. The molecule has 0 heterocycles. The summed E-state index contributed by atoms with van der Waals surface area (Å²) < 4.78 is 16.1. The zero-order valence-corrected chi connectivity index (χ0v) is 10.1. The van der Waals surface area contributed by atoms with E-state index < -0.39 is 0 Å². The molecule has 0 aliphatic rings. The van der Waals surface area contributed by atoms with E-state index >= 15 is 0 Å². The average Bonchev–Trinajstić information content (AvgIpc) is 2.31. The highest BCUT2D eigenvalue weighted by Gasteiger charge is 2.15. The molecular weight excluding hydrogens is 206 g/mol. The average molecular weight is 225 g/mol. The molecule has 2 N–H and O–H groups in total. The summed E-state index contributed by atoms with van der Waals surface area (Å²) in [7, 11) is 3.21. The summed E-state index contributed by atoms with van der Waals surface area (Å²) in [6, 6.07) is 3.82. The lowest BCUT2D eigenvalue weighted by atomic mass is 10.1. The first-order valence-corrected chi connectivity index (χ1v) is 5.35. The van der Waals surface area contributed by atoms with Crippen LogP contribution in [-0.4, -0.2) is 27.4 Å². The molecule has 1 aromatic rings. The van der Waals surface area contributed by atoms with Gasteiger partial charge in [0.2, 0.25) is 5.75 Å². The van der Waals surface area contributed by atoms with E-state index in [0.29, 0.717) is 24.7 Å². The molecule has 0 amide bonds. The number of rotatable bonds is 6. The molecule has 0 aliphatic heterocycles. The van der Waals surface area contributed by atoms with E-state index in [2.05, 4.69) is 0 Å². The van der Waals surface area contributed by atoms with Gasteiger partial charge in [-0.1, -0.05) is 6.07 Å². The molecule has 0 saturated carbocycles. The van der Waals surface area contributed by atoms with E-state index in [0.717, 1.165) is 17.7 Å². The zero-order valence-electron chi connectivity index (χ0n) is 10.1. The Bertz CT molecular complexity index is 339. The van der Waals surface area contributed by atoms with Crippen molar-refractivity contribution in [3.8, 4) is 17.2 Å². The Labute approximate surface area is 96.3 Å². The fraction of sp³-hybridized carbons (Fsp3) is 0.500. The van der Waals surface area contributed by atoms with Crippen molar-refractivity contribution >= 4 is 0 Å². The lowest BCUT2D eigenvalue weighted by molar-refractivity contribution is 0.294. The summed E-state index contributed by atoms with van der Waals surface area (Å²) in [4.78, 5) is 0. The summed E-state index contributed by atoms with van der Waals surface area (Å²) in [5, 5.41) is 0. The summed E-state index contributed by atoms with van der Waals surface area (Å²) in [5.41, 5.74) is 6.60. The summed E-state index contributed by atoms with van der Waals surface area (Å²) in [6.07, 6.45) is 0.760. The molecule has 16 heavy (non-hydrogen) atoms. The third-order valence-electron chi connectivity index (χ3n) is 2.28. The van der Waals surface area contributed by atoms with Crippen LogP contribution in [0, 0.1) is 0 Å². The molecule has 1 aromatic carbocycles. The van der Waals surface area contributed by atoms with Crippen LogP contribution in [0.4, 0.5) is 0 Å². The van der Waals surface area contributed by atoms with Crippen molar-refractivity contribution < 1.29 is 14.2 Å². The Balaban J connectivity index is 3.20. The van der Waals surface area contributed by atoms with Crippen LogP contribution in [-0.2, 0) is 6.42 Å². The van der Waals surface area contributed by atoms with Gasteiger partial charge in [-0.15, -0.1) is 0 Å². The van der Waals surface area contributed by atoms with Crippen molar-refractivity contribution in [2.24, 2.45) is 5.73 Å². The lowest BCUT2D eigenvalue weighted by Gasteiger charge is -2.16. The van der Waals surface area contributed by atoms with Gasteiger partial charge in [-0.25, -0.2) is 0 Å². The van der Waals surface area contributed by atoms with Crippen LogP contribution in [0.3, 0.4) is 0 Å². The van der Waals surface area contributed by atoms with E-state index in [4.69, 9.17) is 19.9 Å². The largest absolute Gasteiger partial charge is 0.493 e. The fourth-order valence-corrected chi connectivity index (χ4v) is 1.59. The van der Waals surface area contributed by atoms with Gasteiger partial charge in [0.05, 0.1) is 20.8 Å². The first kappa shape index (κ1) is 12.6. The van der Waals surface area contributed by atoms with Gasteiger partial charge in [0.25, 0.3) is 0 Å². The molecule has 0 bridgehead atoms. The summed E-state index contributed by atoms with van der Waals surface area (Å²) >= 11 is 0. The molecule has 0 unspecified atom stereocenters. The predicted octanol–water partition coefficient (Wildman–Crippen LogP) is 1.60. The Morgan fingerprint density at radius 2 is 1.88 bits per heavy atom. The molecule has 0 aliphatic carbocycles. The highest BCUT2D eigenvalue weighted by atomic mass is 16.5. The maximum atomic E-state index is 5.59. The number of nitrogens with two attached hydrogens (primary N) is 1. The number of methoxy groups -OCH3 is 2. The van der Waals surface area contributed by atoms with Crippen LogP contribution in [0.15, 0.2) is 12.1 Å². The Kier molecular flexibility index (Phi) is 4.92. The molecule has 0 atom stereocenters. The van der Waals surface area contributed by atoms with Crippen molar-refractivity contribution in [3.05, 3.63) is 17.7 Å². The van der Waals surface area contributed by atoms with Gasteiger partial charge in [0.15, 0.2) is 11.5 Å². The number of benzene rings is 1. The van der Waals surface area contributed by atoms with Gasteiger partial charge >= 0.3 is 0 Å². The Morgan fingerprint density at radius 1 is 1.12 bits per heavy atom. The van der Waals surface area contributed by atoms with Gasteiger partial charge in [-0.3, -0.25) is 0 Å². The maximum absolute atomic E-state index is 5.59. The summed E-state index contributed by atoms with van der Waals surface area (Å²) in [6.45, 7) is 3.10. The highest BCUT2D eigenvalue weighted by Crippen LogP contribution is 2.39. The maximum Gasteiger partial charge on any atom is 0.203 e. The third kappa shape index (κ3) is 2.58. The molecule has 0 spiro atoms. The minimum absolute atomic E-state index is 0.579. The molecular formula is C12H19NO3. The molecule has 0 fully saturated rings. The zero-order chi connectivity index (χ0) is 12.0. The highest BCUT2D eigenvalue weighted by molar-refractivity contribution is 5.55. The van der Waals surface area contributed by atoms with Crippen molar-refractivity contribution in [2.75, 3.05) is 27.4 Å². The van der Waals surface area contributed by atoms with Crippen molar-refractivity contribution in [2.45, 2.75) is 13.3 Å². The van der Waals surface area contributed by atoms with Crippen molar-refractivity contribution in [1.29, 1.82) is 0 Å². The van der Waals surface area contributed by atoms with Crippen LogP contribution in [0.2, 0.25) is 0 Å². The first-order valence-electron chi connectivity index (χ1n) is 5.35. The van der Waals surface area contributed by atoms with E-state index in [9.17, 15) is 0 Å². The van der Waals surface area contributed by atoms with Crippen LogP contribution in [0.1, 0.15) is 12.5 Å². The Morgan fingerprint density at radius 3 is 2.38 bits per heavy atom. The van der Waals surface area contributed by atoms with E-state index in [-0.39, 0.29) is 0 Å². The molecule has 0 saturated heterocycles. The normalized spacial score (nSPS) is 10.0. The van der Waals surface area contributed by atoms with Gasteiger partial charge in [-0.05, 0) is 31.5 Å². The second kappa shape index (κ2) is 6.23. The van der Waals surface area contributed by atoms with Gasteiger partial charge in [-0.2, -0.15) is 0 Å². The number of hydrogen-bond acceptors (Lipinski definition) is 4. The minimum atomic E-state index is 0.579.